The van der Waals surface area contributed by atoms with E-state index in [0.29, 0.717) is 0 Å². The summed E-state index contributed by atoms with van der Waals surface area (Å²) in [7, 11) is 0. The average molecular weight is 270 g/mol. The summed E-state index contributed by atoms with van der Waals surface area (Å²) in [6, 6.07) is 17.7. The second-order valence-corrected chi connectivity index (χ2v) is 5.27. The first-order chi connectivity index (χ1) is 10.3. The highest BCUT2D eigenvalue weighted by molar-refractivity contribution is 6.20. The molecular weight excluding hydrogens is 260 g/mol. The number of para-hydroxylation sites is 2. The Hall–Kier alpha value is -2.94. The summed E-state index contributed by atoms with van der Waals surface area (Å²) in [5, 5.41) is 1.04. The van der Waals surface area contributed by atoms with Crippen molar-refractivity contribution in [1.82, 2.24) is 9.55 Å². The Balaban J connectivity index is 1.99. The van der Waals surface area contributed by atoms with Crippen LogP contribution in [0.1, 0.15) is 16.1 Å². The number of hydrogen-bond acceptors (Lipinski definition) is 2. The molecule has 21 heavy (non-hydrogen) atoms. The molecule has 0 bridgehead atoms. The van der Waals surface area contributed by atoms with E-state index in [1.807, 2.05) is 65.4 Å². The maximum atomic E-state index is 12.8. The summed E-state index contributed by atoms with van der Waals surface area (Å²) in [5.74, 6) is 0.0781. The number of rotatable bonds is 0. The molecule has 5 rings (SSSR count). The van der Waals surface area contributed by atoms with Crippen LogP contribution in [0.3, 0.4) is 0 Å². The van der Waals surface area contributed by atoms with Crippen LogP contribution in [-0.4, -0.2) is 15.3 Å². The van der Waals surface area contributed by atoms with E-state index >= 15 is 0 Å². The first-order valence-electron chi connectivity index (χ1n) is 6.88. The lowest BCUT2D eigenvalue weighted by molar-refractivity contribution is 0.104. The Kier molecular flexibility index (Phi) is 1.84. The normalized spacial score (nSPS) is 12.9. The Morgan fingerprint density at radius 2 is 1.71 bits per heavy atom. The SMILES string of the molecule is O=C1c2ccccc2-n2ccc3nc4ccccc4c-3c21. The third-order valence-corrected chi connectivity index (χ3v) is 4.15. The molecule has 98 valence electrons. The fraction of sp³-hybridized carbons (Fsp3) is 0. The number of benzene rings is 2. The number of carbonyl (C=O) groups is 1. The molecule has 3 aliphatic rings. The summed E-state index contributed by atoms with van der Waals surface area (Å²) < 4.78 is 1.98. The van der Waals surface area contributed by atoms with Crippen LogP contribution in [0.5, 0.6) is 0 Å². The molecule has 2 aromatic carbocycles. The Labute approximate surface area is 120 Å². The van der Waals surface area contributed by atoms with Gasteiger partial charge in [0.1, 0.15) is 5.69 Å². The Morgan fingerprint density at radius 1 is 0.905 bits per heavy atom. The molecule has 0 saturated carbocycles. The maximum Gasteiger partial charge on any atom is 0.212 e. The second kappa shape index (κ2) is 3.58. The summed E-state index contributed by atoms with van der Waals surface area (Å²) in [6.07, 6.45) is 1.94. The number of ketones is 1. The predicted octanol–water partition coefficient (Wildman–Crippen LogP) is 3.67. The van der Waals surface area contributed by atoms with Gasteiger partial charge in [-0.05, 0) is 24.3 Å². The lowest BCUT2D eigenvalue weighted by Crippen LogP contribution is -2.03. The highest BCUT2D eigenvalue weighted by Gasteiger charge is 2.31. The van der Waals surface area contributed by atoms with Gasteiger partial charge in [-0.15, -0.1) is 0 Å². The van der Waals surface area contributed by atoms with Crippen LogP contribution in [0.2, 0.25) is 0 Å². The zero-order valence-corrected chi connectivity index (χ0v) is 11.1. The summed E-state index contributed by atoms with van der Waals surface area (Å²) in [6.45, 7) is 0. The van der Waals surface area contributed by atoms with E-state index in [9.17, 15) is 4.79 Å². The molecule has 3 aliphatic heterocycles. The number of nitrogens with zero attached hydrogens (tertiary/aromatic N) is 2. The molecule has 0 aliphatic carbocycles. The molecule has 0 N–H and O–H groups in total. The van der Waals surface area contributed by atoms with Gasteiger partial charge in [0.2, 0.25) is 5.78 Å². The summed E-state index contributed by atoms with van der Waals surface area (Å²) in [5.41, 5.74) is 5.20. The van der Waals surface area contributed by atoms with Gasteiger partial charge in [0.15, 0.2) is 0 Å². The minimum atomic E-state index is 0.0781. The van der Waals surface area contributed by atoms with Crippen LogP contribution in [-0.2, 0) is 0 Å². The van der Waals surface area contributed by atoms with Gasteiger partial charge < -0.3 is 4.57 Å². The topological polar surface area (TPSA) is 34.9 Å². The molecule has 2 aromatic rings. The van der Waals surface area contributed by atoms with Gasteiger partial charge in [0.05, 0.1) is 16.9 Å². The van der Waals surface area contributed by atoms with Crippen molar-refractivity contribution < 1.29 is 4.79 Å². The van der Waals surface area contributed by atoms with Crippen molar-refractivity contribution in [2.75, 3.05) is 0 Å². The van der Waals surface area contributed by atoms with Crippen LogP contribution in [0.15, 0.2) is 60.8 Å². The zero-order valence-electron chi connectivity index (χ0n) is 11.1. The zero-order chi connectivity index (χ0) is 14.0. The highest BCUT2D eigenvalue weighted by Crippen LogP contribution is 2.39. The lowest BCUT2D eigenvalue weighted by atomic mass is 10.0. The van der Waals surface area contributed by atoms with Gasteiger partial charge in [-0.1, -0.05) is 30.3 Å². The Morgan fingerprint density at radius 3 is 2.67 bits per heavy atom. The molecule has 0 atom stereocenters. The summed E-state index contributed by atoms with van der Waals surface area (Å²) in [4.78, 5) is 17.4. The van der Waals surface area contributed by atoms with Crippen molar-refractivity contribution in [3.8, 4) is 16.9 Å². The smallest absolute Gasteiger partial charge is 0.212 e. The predicted molar refractivity (Wildman–Crippen MR) is 81.1 cm³/mol. The van der Waals surface area contributed by atoms with Gasteiger partial charge in [-0.3, -0.25) is 4.79 Å². The van der Waals surface area contributed by atoms with E-state index in [1.54, 1.807) is 0 Å². The minimum Gasteiger partial charge on any atom is -0.312 e. The molecule has 3 nitrogen and oxygen atoms in total. The van der Waals surface area contributed by atoms with Crippen LogP contribution in [0, 0.1) is 0 Å². The van der Waals surface area contributed by atoms with Crippen molar-refractivity contribution in [3.63, 3.8) is 0 Å². The van der Waals surface area contributed by atoms with Gasteiger partial charge in [0, 0.05) is 22.7 Å². The fourth-order valence-corrected chi connectivity index (χ4v) is 3.24. The van der Waals surface area contributed by atoms with E-state index in [1.165, 1.54) is 0 Å². The quantitative estimate of drug-likeness (QED) is 0.430. The van der Waals surface area contributed by atoms with Crippen LogP contribution in [0.4, 0.5) is 0 Å². The molecule has 0 aromatic heterocycles. The molecule has 0 unspecified atom stereocenters. The number of aromatic nitrogens is 2. The highest BCUT2D eigenvalue weighted by atomic mass is 16.1. The monoisotopic (exact) mass is 270 g/mol. The summed E-state index contributed by atoms with van der Waals surface area (Å²) >= 11 is 0. The Bertz CT molecular complexity index is 1010. The molecule has 3 heterocycles. The molecule has 0 amide bonds. The van der Waals surface area contributed by atoms with Crippen molar-refractivity contribution in [1.29, 1.82) is 0 Å². The first-order valence-corrected chi connectivity index (χ1v) is 6.88. The second-order valence-electron chi connectivity index (χ2n) is 5.27. The van der Waals surface area contributed by atoms with Crippen molar-refractivity contribution in [2.24, 2.45) is 0 Å². The number of pyridine rings is 1. The third kappa shape index (κ3) is 1.23. The molecule has 0 saturated heterocycles. The van der Waals surface area contributed by atoms with Crippen LogP contribution in [0.25, 0.3) is 27.8 Å². The van der Waals surface area contributed by atoms with Crippen LogP contribution >= 0.6 is 0 Å². The van der Waals surface area contributed by atoms with Crippen molar-refractivity contribution in [2.45, 2.75) is 0 Å². The maximum absolute atomic E-state index is 12.8. The van der Waals surface area contributed by atoms with Gasteiger partial charge >= 0.3 is 0 Å². The fourth-order valence-electron chi connectivity index (χ4n) is 3.24. The number of fused-ring (bicyclic) bond motifs is 7. The van der Waals surface area contributed by atoms with Gasteiger partial charge in [0.25, 0.3) is 0 Å². The molecule has 0 radical (unpaired) electrons. The van der Waals surface area contributed by atoms with Gasteiger partial charge in [-0.2, -0.15) is 0 Å². The largest absolute Gasteiger partial charge is 0.312 e. The van der Waals surface area contributed by atoms with Crippen molar-refractivity contribution >= 4 is 16.7 Å². The van der Waals surface area contributed by atoms with Crippen LogP contribution < -0.4 is 0 Å². The number of hydrogen-bond donors (Lipinski definition) is 0. The first kappa shape index (κ1) is 10.8. The third-order valence-electron chi connectivity index (χ3n) is 4.15. The molecular formula is C18H10N2O. The van der Waals surface area contributed by atoms with Crippen molar-refractivity contribution in [3.05, 3.63) is 72.1 Å². The van der Waals surface area contributed by atoms with E-state index in [0.717, 1.165) is 39.1 Å². The molecule has 0 spiro atoms. The molecule has 3 heteroatoms. The minimum absolute atomic E-state index is 0.0781. The standard InChI is InChI=1S/C18H10N2O/c21-18-12-6-2-4-8-15(12)20-10-9-14-16(17(18)20)11-5-1-3-7-13(11)19-14/h1-10H. The lowest BCUT2D eigenvalue weighted by Gasteiger charge is -2.08. The number of carbonyl (C=O) groups excluding carboxylic acids is 1. The average Bonchev–Trinajstić information content (AvgIpc) is 3.04. The van der Waals surface area contributed by atoms with Gasteiger partial charge in [-0.25, -0.2) is 4.98 Å². The van der Waals surface area contributed by atoms with E-state index in [4.69, 9.17) is 0 Å². The van der Waals surface area contributed by atoms with E-state index in [-0.39, 0.29) is 5.78 Å². The molecule has 0 fully saturated rings. The van der Waals surface area contributed by atoms with E-state index < -0.39 is 0 Å². The van der Waals surface area contributed by atoms with E-state index in [2.05, 4.69) is 4.98 Å².